The lowest BCUT2D eigenvalue weighted by Crippen LogP contribution is -2.27. The highest BCUT2D eigenvalue weighted by Gasteiger charge is 2.07. The van der Waals surface area contributed by atoms with Crippen LogP contribution in [0.2, 0.25) is 0 Å². The number of aromatic nitrogens is 2. The van der Waals surface area contributed by atoms with Gasteiger partial charge >= 0.3 is 0 Å². The molecule has 0 amide bonds. The SMILES string of the molecule is CCCCCc1cccc2ncn(N)c(=O)c12. The molecule has 2 N–H and O–H groups in total. The second-order valence-corrected chi connectivity index (χ2v) is 4.23. The van der Waals surface area contributed by atoms with Crippen LogP contribution in [0.5, 0.6) is 0 Å². The van der Waals surface area contributed by atoms with Gasteiger partial charge in [0.1, 0.15) is 6.33 Å². The number of benzene rings is 1. The number of nitrogens with zero attached hydrogens (tertiary/aromatic N) is 2. The van der Waals surface area contributed by atoms with E-state index in [9.17, 15) is 4.79 Å². The van der Waals surface area contributed by atoms with Gasteiger partial charge in [-0.25, -0.2) is 9.66 Å². The molecule has 1 heterocycles. The number of hydrogen-bond donors (Lipinski definition) is 1. The molecule has 2 rings (SSSR count). The van der Waals surface area contributed by atoms with Crippen molar-refractivity contribution in [1.82, 2.24) is 9.66 Å². The average Bonchev–Trinajstić information content (AvgIpc) is 2.34. The van der Waals surface area contributed by atoms with Crippen molar-refractivity contribution < 1.29 is 0 Å². The zero-order valence-electron chi connectivity index (χ0n) is 10.0. The highest BCUT2D eigenvalue weighted by Crippen LogP contribution is 2.15. The fourth-order valence-electron chi connectivity index (χ4n) is 2.02. The van der Waals surface area contributed by atoms with E-state index in [0.29, 0.717) is 5.39 Å². The first-order valence-electron chi connectivity index (χ1n) is 5.98. The monoisotopic (exact) mass is 231 g/mol. The third kappa shape index (κ3) is 2.30. The molecule has 0 radical (unpaired) electrons. The molecule has 0 bridgehead atoms. The summed E-state index contributed by atoms with van der Waals surface area (Å²) in [5, 5.41) is 0.661. The number of nitrogen functional groups attached to an aromatic ring is 1. The first-order valence-corrected chi connectivity index (χ1v) is 5.98. The molecule has 0 spiro atoms. The zero-order valence-corrected chi connectivity index (χ0v) is 10.0. The molecule has 17 heavy (non-hydrogen) atoms. The normalized spacial score (nSPS) is 10.9. The maximum Gasteiger partial charge on any atom is 0.279 e. The quantitative estimate of drug-likeness (QED) is 0.645. The maximum absolute atomic E-state index is 12.0. The average molecular weight is 231 g/mol. The Labute approximate surface area is 100 Å². The third-order valence-electron chi connectivity index (χ3n) is 2.95. The van der Waals surface area contributed by atoms with Crippen molar-refractivity contribution in [2.75, 3.05) is 5.84 Å². The molecule has 4 heteroatoms. The third-order valence-corrected chi connectivity index (χ3v) is 2.95. The van der Waals surface area contributed by atoms with E-state index in [0.717, 1.165) is 28.6 Å². The minimum atomic E-state index is -0.165. The van der Waals surface area contributed by atoms with Crippen LogP contribution in [0.3, 0.4) is 0 Å². The Kier molecular flexibility index (Phi) is 3.42. The summed E-state index contributed by atoms with van der Waals surface area (Å²) in [6, 6.07) is 5.78. The molecule has 4 nitrogen and oxygen atoms in total. The van der Waals surface area contributed by atoms with Crippen LogP contribution >= 0.6 is 0 Å². The van der Waals surface area contributed by atoms with Gasteiger partial charge in [-0.05, 0) is 24.5 Å². The molecule has 0 saturated carbocycles. The van der Waals surface area contributed by atoms with E-state index >= 15 is 0 Å². The van der Waals surface area contributed by atoms with Gasteiger partial charge in [0.25, 0.3) is 5.56 Å². The van der Waals surface area contributed by atoms with Crippen molar-refractivity contribution >= 4 is 10.9 Å². The van der Waals surface area contributed by atoms with Gasteiger partial charge in [-0.1, -0.05) is 31.9 Å². The van der Waals surface area contributed by atoms with Gasteiger partial charge in [0, 0.05) is 0 Å². The fourth-order valence-corrected chi connectivity index (χ4v) is 2.02. The van der Waals surface area contributed by atoms with E-state index in [1.165, 1.54) is 19.2 Å². The second-order valence-electron chi connectivity index (χ2n) is 4.23. The summed E-state index contributed by atoms with van der Waals surface area (Å²) < 4.78 is 1.05. The van der Waals surface area contributed by atoms with Gasteiger partial charge in [0.05, 0.1) is 10.9 Å². The number of hydrogen-bond acceptors (Lipinski definition) is 3. The predicted molar refractivity (Wildman–Crippen MR) is 69.4 cm³/mol. The molecule has 0 fully saturated rings. The molecule has 0 aliphatic carbocycles. The number of rotatable bonds is 4. The highest BCUT2D eigenvalue weighted by molar-refractivity contribution is 5.81. The van der Waals surface area contributed by atoms with Gasteiger partial charge in [-0.3, -0.25) is 4.79 Å². The Bertz CT molecular complexity index is 574. The Morgan fingerprint density at radius 3 is 2.94 bits per heavy atom. The Hall–Kier alpha value is -1.84. The van der Waals surface area contributed by atoms with E-state index in [1.807, 2.05) is 18.2 Å². The van der Waals surface area contributed by atoms with Crippen LogP contribution in [-0.4, -0.2) is 9.66 Å². The van der Waals surface area contributed by atoms with Crippen molar-refractivity contribution in [1.29, 1.82) is 0 Å². The van der Waals surface area contributed by atoms with Gasteiger partial charge in [0.15, 0.2) is 0 Å². The van der Waals surface area contributed by atoms with Gasteiger partial charge in [0.2, 0.25) is 0 Å². The molecule has 0 atom stereocenters. The summed E-state index contributed by atoms with van der Waals surface area (Å²) in [5.41, 5.74) is 1.61. The van der Waals surface area contributed by atoms with Crippen LogP contribution in [0.4, 0.5) is 0 Å². The van der Waals surface area contributed by atoms with Crippen LogP contribution in [-0.2, 0) is 6.42 Å². The van der Waals surface area contributed by atoms with Gasteiger partial charge in [-0.15, -0.1) is 0 Å². The van der Waals surface area contributed by atoms with Crippen molar-refractivity contribution in [2.45, 2.75) is 32.6 Å². The van der Waals surface area contributed by atoms with Crippen LogP contribution in [0, 0.1) is 0 Å². The number of nitrogens with two attached hydrogens (primary N) is 1. The van der Waals surface area contributed by atoms with E-state index in [4.69, 9.17) is 5.84 Å². The lowest BCUT2D eigenvalue weighted by Gasteiger charge is -2.06. The molecule has 1 aromatic carbocycles. The van der Waals surface area contributed by atoms with Crippen LogP contribution in [0.25, 0.3) is 10.9 Å². The van der Waals surface area contributed by atoms with Gasteiger partial charge in [-0.2, -0.15) is 0 Å². The Morgan fingerprint density at radius 2 is 2.18 bits per heavy atom. The van der Waals surface area contributed by atoms with Crippen molar-refractivity contribution in [3.05, 3.63) is 40.4 Å². The van der Waals surface area contributed by atoms with E-state index in [-0.39, 0.29) is 5.56 Å². The van der Waals surface area contributed by atoms with Gasteiger partial charge < -0.3 is 5.84 Å². The lowest BCUT2D eigenvalue weighted by molar-refractivity contribution is 0.719. The molecular formula is C13H17N3O. The zero-order chi connectivity index (χ0) is 12.3. The summed E-state index contributed by atoms with van der Waals surface area (Å²) in [6.45, 7) is 2.16. The molecule has 0 aliphatic rings. The molecule has 0 aliphatic heterocycles. The highest BCUT2D eigenvalue weighted by atomic mass is 16.1. The number of aryl methyl sites for hydroxylation is 1. The largest absolute Gasteiger partial charge is 0.335 e. The van der Waals surface area contributed by atoms with Crippen molar-refractivity contribution in [3.63, 3.8) is 0 Å². The number of unbranched alkanes of at least 4 members (excludes halogenated alkanes) is 2. The maximum atomic E-state index is 12.0. The van der Waals surface area contributed by atoms with Crippen molar-refractivity contribution in [3.8, 4) is 0 Å². The van der Waals surface area contributed by atoms with Crippen LogP contribution < -0.4 is 11.4 Å². The summed E-state index contributed by atoms with van der Waals surface area (Å²) in [4.78, 5) is 16.1. The smallest absolute Gasteiger partial charge is 0.279 e. The number of fused-ring (bicyclic) bond motifs is 1. The van der Waals surface area contributed by atoms with Crippen LogP contribution in [0.1, 0.15) is 31.7 Å². The Balaban J connectivity index is 2.48. The lowest BCUT2D eigenvalue weighted by atomic mass is 10.0. The minimum absolute atomic E-state index is 0.165. The molecular weight excluding hydrogens is 214 g/mol. The van der Waals surface area contributed by atoms with E-state index < -0.39 is 0 Å². The molecule has 1 aromatic heterocycles. The second kappa shape index (κ2) is 4.99. The van der Waals surface area contributed by atoms with Crippen molar-refractivity contribution in [2.24, 2.45) is 0 Å². The minimum Gasteiger partial charge on any atom is -0.335 e. The van der Waals surface area contributed by atoms with Crippen LogP contribution in [0.15, 0.2) is 29.3 Å². The summed E-state index contributed by atoms with van der Waals surface area (Å²) >= 11 is 0. The molecule has 2 aromatic rings. The first-order chi connectivity index (χ1) is 8.24. The predicted octanol–water partition coefficient (Wildman–Crippen LogP) is 1.84. The standard InChI is InChI=1S/C13H17N3O/c1-2-3-4-6-10-7-5-8-11-12(10)13(17)16(14)9-15-11/h5,7-9H,2-4,6,14H2,1H3. The molecule has 90 valence electrons. The van der Waals surface area contributed by atoms with E-state index in [1.54, 1.807) is 0 Å². The fraction of sp³-hybridized carbons (Fsp3) is 0.385. The van der Waals surface area contributed by atoms with E-state index in [2.05, 4.69) is 11.9 Å². The summed E-state index contributed by atoms with van der Waals surface area (Å²) in [6.07, 6.45) is 5.71. The summed E-state index contributed by atoms with van der Waals surface area (Å²) in [7, 11) is 0. The summed E-state index contributed by atoms with van der Waals surface area (Å²) in [5.74, 6) is 5.55. The Morgan fingerprint density at radius 1 is 1.35 bits per heavy atom. The molecule has 0 unspecified atom stereocenters. The molecule has 0 saturated heterocycles. The topological polar surface area (TPSA) is 60.9 Å². The first kappa shape index (κ1) is 11.6.